The normalized spacial score (nSPS) is 16.8. The van der Waals surface area contributed by atoms with E-state index in [2.05, 4.69) is 29.9 Å². The van der Waals surface area contributed by atoms with Crippen LogP contribution in [-0.2, 0) is 14.8 Å². The van der Waals surface area contributed by atoms with Gasteiger partial charge in [-0.3, -0.25) is 24.4 Å². The third kappa shape index (κ3) is 6.90. The van der Waals surface area contributed by atoms with Crippen LogP contribution in [0, 0.1) is 5.82 Å². The van der Waals surface area contributed by atoms with Crippen molar-refractivity contribution in [2.75, 3.05) is 44.2 Å². The van der Waals surface area contributed by atoms with Gasteiger partial charge in [0, 0.05) is 31.4 Å². The molecular weight excluding hydrogens is 539 g/mol. The number of sulfonamides is 1. The van der Waals surface area contributed by atoms with Gasteiger partial charge in [-0.1, -0.05) is 6.07 Å². The molecule has 0 unspecified atom stereocenters. The molecular formula is C27H31FN6O5S. The molecule has 2 fully saturated rings. The van der Waals surface area contributed by atoms with Crippen molar-refractivity contribution in [3.05, 3.63) is 66.0 Å². The Morgan fingerprint density at radius 2 is 2.00 bits per heavy atom. The Kier molecular flexibility index (Phi) is 8.52. The lowest BCUT2D eigenvalue weighted by atomic mass is 10.1. The summed E-state index contributed by atoms with van der Waals surface area (Å²) in [5, 5.41) is 2.52. The predicted molar refractivity (Wildman–Crippen MR) is 146 cm³/mol. The van der Waals surface area contributed by atoms with Crippen molar-refractivity contribution >= 4 is 21.6 Å². The average molecular weight is 571 g/mol. The van der Waals surface area contributed by atoms with Crippen LogP contribution in [0.5, 0.6) is 5.88 Å². The van der Waals surface area contributed by atoms with Crippen molar-refractivity contribution < 1.29 is 27.1 Å². The zero-order chi connectivity index (χ0) is 28.1. The van der Waals surface area contributed by atoms with Crippen molar-refractivity contribution in [1.82, 2.24) is 25.2 Å². The summed E-state index contributed by atoms with van der Waals surface area (Å²) in [6, 6.07) is 6.77. The Bertz CT molecular complexity index is 1460. The highest BCUT2D eigenvalue weighted by Gasteiger charge is 2.36. The predicted octanol–water partition coefficient (Wildman–Crippen LogP) is 2.78. The van der Waals surface area contributed by atoms with Crippen LogP contribution in [0.4, 0.5) is 10.1 Å². The molecule has 1 saturated heterocycles. The Labute approximate surface area is 232 Å². The van der Waals surface area contributed by atoms with Crippen LogP contribution in [0.1, 0.15) is 41.9 Å². The van der Waals surface area contributed by atoms with E-state index in [0.717, 1.165) is 0 Å². The van der Waals surface area contributed by atoms with Crippen molar-refractivity contribution in [3.63, 3.8) is 0 Å². The number of halogens is 1. The minimum absolute atomic E-state index is 0.143. The second-order valence-corrected chi connectivity index (χ2v) is 11.6. The first kappa shape index (κ1) is 27.9. The third-order valence-corrected chi connectivity index (χ3v) is 8.49. The number of carbonyl (C=O) groups is 1. The fraction of sp³-hybridized carbons (Fsp3) is 0.407. The molecule has 1 amide bonds. The first-order valence-corrected chi connectivity index (χ1v) is 14.7. The van der Waals surface area contributed by atoms with Gasteiger partial charge in [0.15, 0.2) is 0 Å². The number of rotatable bonds is 11. The highest BCUT2D eigenvalue weighted by molar-refractivity contribution is 7.93. The smallest absolute Gasteiger partial charge is 0.254 e. The number of ether oxygens (including phenoxy) is 2. The number of pyridine rings is 1. The summed E-state index contributed by atoms with van der Waals surface area (Å²) < 4.78 is 53.6. The number of nitrogens with one attached hydrogen (secondary N) is 2. The number of hydrogen-bond donors (Lipinski definition) is 2. The minimum atomic E-state index is -3.47. The van der Waals surface area contributed by atoms with E-state index in [1.165, 1.54) is 30.7 Å². The molecule has 40 heavy (non-hydrogen) atoms. The molecule has 1 aliphatic carbocycles. The molecule has 212 valence electrons. The summed E-state index contributed by atoms with van der Waals surface area (Å²) in [6.07, 6.45) is 5.73. The van der Waals surface area contributed by atoms with E-state index in [0.29, 0.717) is 80.8 Å². The van der Waals surface area contributed by atoms with Gasteiger partial charge in [0.2, 0.25) is 15.9 Å². The first-order chi connectivity index (χ1) is 19.3. The topological polar surface area (TPSA) is 136 Å². The van der Waals surface area contributed by atoms with Gasteiger partial charge in [-0.2, -0.15) is 0 Å². The summed E-state index contributed by atoms with van der Waals surface area (Å²) in [5.74, 6) is -1.02. The molecule has 1 aliphatic heterocycles. The average Bonchev–Trinajstić information content (AvgIpc) is 3.80. The second-order valence-electron chi connectivity index (χ2n) is 9.63. The van der Waals surface area contributed by atoms with Gasteiger partial charge in [-0.05, 0) is 44.0 Å². The van der Waals surface area contributed by atoms with Crippen LogP contribution in [0.2, 0.25) is 0 Å². The number of hydrogen-bond acceptors (Lipinski definition) is 9. The molecule has 0 spiro atoms. The minimum Gasteiger partial charge on any atom is -0.477 e. The van der Waals surface area contributed by atoms with E-state index in [1.54, 1.807) is 18.2 Å². The largest absolute Gasteiger partial charge is 0.477 e. The standard InChI is InChI=1S/C27H31FN6O5S/c1-2-39-26-16-29-15-24(31-26)18-3-6-21(22(28)13-18)27(35)32-25(17-34-9-11-38-12-10-34)23-14-19(7-8-30-23)33-40(36,37)20-4-5-20/h3,6-8,13-16,20,25H,2,4-5,9-12,17H2,1H3,(H,30,33)(H,32,35)/t25-/m0/s1. The Morgan fingerprint density at radius 1 is 1.20 bits per heavy atom. The van der Waals surface area contributed by atoms with E-state index >= 15 is 4.39 Å². The van der Waals surface area contributed by atoms with Gasteiger partial charge in [0.25, 0.3) is 5.91 Å². The lowest BCUT2D eigenvalue weighted by molar-refractivity contribution is 0.0330. The lowest BCUT2D eigenvalue weighted by Crippen LogP contribution is -2.43. The quantitative estimate of drug-likeness (QED) is 0.357. The molecule has 13 heteroatoms. The number of morpholine rings is 1. The molecule has 11 nitrogen and oxygen atoms in total. The summed E-state index contributed by atoms with van der Waals surface area (Å²) in [7, 11) is -3.47. The third-order valence-electron chi connectivity index (χ3n) is 6.63. The number of anilines is 1. The maximum absolute atomic E-state index is 15.2. The molecule has 2 aliphatic rings. The maximum Gasteiger partial charge on any atom is 0.254 e. The number of amides is 1. The second kappa shape index (κ2) is 12.2. The van der Waals surface area contributed by atoms with Crippen LogP contribution in [-0.4, -0.2) is 78.9 Å². The molecule has 2 N–H and O–H groups in total. The Balaban J connectivity index is 1.37. The Morgan fingerprint density at radius 3 is 2.73 bits per heavy atom. The Hall–Kier alpha value is -3.68. The van der Waals surface area contributed by atoms with Crippen LogP contribution in [0.15, 0.2) is 48.9 Å². The SMILES string of the molecule is CCOc1cncc(-c2ccc(C(=O)N[C@@H](CN3CCOCC3)c3cc(NS(=O)(=O)C4CC4)ccn3)c(F)c2)n1. The molecule has 1 aromatic carbocycles. The maximum atomic E-state index is 15.2. The van der Waals surface area contributed by atoms with E-state index in [-0.39, 0.29) is 10.8 Å². The molecule has 1 atom stereocenters. The van der Waals surface area contributed by atoms with Crippen molar-refractivity contribution in [1.29, 1.82) is 0 Å². The van der Waals surface area contributed by atoms with E-state index in [1.807, 2.05) is 6.92 Å². The zero-order valence-corrected chi connectivity index (χ0v) is 22.9. The monoisotopic (exact) mass is 570 g/mol. The van der Waals surface area contributed by atoms with Gasteiger partial charge in [0.05, 0.1) is 66.1 Å². The molecule has 2 aromatic heterocycles. The van der Waals surface area contributed by atoms with E-state index in [4.69, 9.17) is 9.47 Å². The van der Waals surface area contributed by atoms with Crippen molar-refractivity contribution in [3.8, 4) is 17.1 Å². The van der Waals surface area contributed by atoms with Gasteiger partial charge in [0.1, 0.15) is 5.82 Å². The lowest BCUT2D eigenvalue weighted by Gasteiger charge is -2.30. The molecule has 5 rings (SSSR count). The van der Waals surface area contributed by atoms with E-state index < -0.39 is 27.8 Å². The van der Waals surface area contributed by atoms with Gasteiger partial charge < -0.3 is 14.8 Å². The molecule has 0 radical (unpaired) electrons. The van der Waals surface area contributed by atoms with Crippen molar-refractivity contribution in [2.45, 2.75) is 31.1 Å². The summed E-state index contributed by atoms with van der Waals surface area (Å²) >= 11 is 0. The van der Waals surface area contributed by atoms with Crippen LogP contribution >= 0.6 is 0 Å². The molecule has 3 heterocycles. The number of nitrogens with zero attached hydrogens (tertiary/aromatic N) is 4. The molecule has 3 aromatic rings. The van der Waals surface area contributed by atoms with Crippen LogP contribution in [0.3, 0.4) is 0 Å². The summed E-state index contributed by atoms with van der Waals surface area (Å²) in [5.41, 5.74) is 1.54. The molecule has 0 bridgehead atoms. The highest BCUT2D eigenvalue weighted by atomic mass is 32.2. The summed E-state index contributed by atoms with van der Waals surface area (Å²) in [6.45, 7) is 5.06. The van der Waals surface area contributed by atoms with Gasteiger partial charge >= 0.3 is 0 Å². The number of carbonyl (C=O) groups excluding carboxylic acids is 1. The fourth-order valence-electron chi connectivity index (χ4n) is 4.38. The zero-order valence-electron chi connectivity index (χ0n) is 22.0. The molecule has 1 saturated carbocycles. The van der Waals surface area contributed by atoms with Crippen molar-refractivity contribution in [2.24, 2.45) is 0 Å². The van der Waals surface area contributed by atoms with Gasteiger partial charge in [-0.25, -0.2) is 17.8 Å². The highest BCUT2D eigenvalue weighted by Crippen LogP contribution is 2.30. The number of benzene rings is 1. The summed E-state index contributed by atoms with van der Waals surface area (Å²) in [4.78, 5) is 28.2. The number of aromatic nitrogens is 3. The van der Waals surface area contributed by atoms with Gasteiger partial charge in [-0.15, -0.1) is 0 Å². The van der Waals surface area contributed by atoms with E-state index in [9.17, 15) is 13.2 Å². The van der Waals surface area contributed by atoms with Crippen LogP contribution < -0.4 is 14.8 Å². The van der Waals surface area contributed by atoms with Crippen LogP contribution in [0.25, 0.3) is 11.3 Å². The fourth-order valence-corrected chi connectivity index (χ4v) is 5.76. The first-order valence-electron chi connectivity index (χ1n) is 13.2.